The van der Waals surface area contributed by atoms with Crippen molar-refractivity contribution in [2.75, 3.05) is 16.4 Å². The first-order valence-corrected chi connectivity index (χ1v) is 10.4. The smallest absolute Gasteiger partial charge is 0.255 e. The third-order valence-corrected chi connectivity index (χ3v) is 5.46. The third kappa shape index (κ3) is 3.75. The van der Waals surface area contributed by atoms with Crippen molar-refractivity contribution in [3.05, 3.63) is 71.2 Å². The molecule has 1 aliphatic heterocycles. The number of hydrogen-bond acceptors (Lipinski definition) is 6. The standard InChI is InChI=1S/C21H22N6OS/c1-4-29-21-25-20-23-14(3)17(19(28)24-16-10-6-5-8-13(16)2)18(27(20)26-21)15-9-7-11-22-12-15/h5-12,18H,4H2,1-3H3,(H,24,28)(H,23,25,26)/t18-/m0/s1. The lowest BCUT2D eigenvalue weighted by molar-refractivity contribution is -0.113. The topological polar surface area (TPSA) is 84.7 Å². The summed E-state index contributed by atoms with van der Waals surface area (Å²) in [5.74, 6) is 1.32. The molecule has 2 N–H and O–H groups in total. The number of nitrogens with one attached hydrogen (secondary N) is 2. The highest BCUT2D eigenvalue weighted by molar-refractivity contribution is 7.99. The number of pyridine rings is 1. The molecule has 3 aromatic rings. The Bertz CT molecular complexity index is 1080. The zero-order valence-electron chi connectivity index (χ0n) is 16.5. The number of fused-ring (bicyclic) bond motifs is 1. The van der Waals surface area contributed by atoms with Gasteiger partial charge >= 0.3 is 0 Å². The zero-order chi connectivity index (χ0) is 20.4. The molecule has 8 heteroatoms. The summed E-state index contributed by atoms with van der Waals surface area (Å²) in [5, 5.41) is 11.6. The van der Waals surface area contributed by atoms with Crippen molar-refractivity contribution in [1.82, 2.24) is 19.7 Å². The van der Waals surface area contributed by atoms with Crippen LogP contribution in [0.2, 0.25) is 0 Å². The van der Waals surface area contributed by atoms with Crippen molar-refractivity contribution in [3.8, 4) is 0 Å². The van der Waals surface area contributed by atoms with Crippen LogP contribution in [0.15, 0.2) is 65.2 Å². The minimum absolute atomic E-state index is 0.177. The van der Waals surface area contributed by atoms with E-state index in [9.17, 15) is 4.79 Å². The minimum atomic E-state index is -0.414. The molecule has 0 saturated carbocycles. The Kier molecular flexibility index (Phi) is 5.35. The Labute approximate surface area is 173 Å². The highest BCUT2D eigenvalue weighted by Gasteiger charge is 2.34. The molecular formula is C21H22N6OS. The van der Waals surface area contributed by atoms with Crippen LogP contribution in [0.25, 0.3) is 0 Å². The van der Waals surface area contributed by atoms with Gasteiger partial charge in [0.25, 0.3) is 5.91 Å². The van der Waals surface area contributed by atoms with Crippen molar-refractivity contribution in [1.29, 1.82) is 0 Å². The Morgan fingerprint density at radius 3 is 2.79 bits per heavy atom. The molecule has 1 amide bonds. The van der Waals surface area contributed by atoms with Crippen LogP contribution in [0.5, 0.6) is 0 Å². The number of aryl methyl sites for hydroxylation is 1. The molecule has 3 heterocycles. The van der Waals surface area contributed by atoms with Crippen LogP contribution in [-0.2, 0) is 4.79 Å². The lowest BCUT2D eigenvalue weighted by Gasteiger charge is -2.28. The summed E-state index contributed by atoms with van der Waals surface area (Å²) in [4.78, 5) is 22.2. The molecule has 0 bridgehead atoms. The largest absolute Gasteiger partial charge is 0.328 e. The van der Waals surface area contributed by atoms with Gasteiger partial charge < -0.3 is 10.6 Å². The molecular weight excluding hydrogens is 384 g/mol. The van der Waals surface area contributed by atoms with Gasteiger partial charge in [0, 0.05) is 23.8 Å². The van der Waals surface area contributed by atoms with Gasteiger partial charge in [-0.1, -0.05) is 43.0 Å². The monoisotopic (exact) mass is 406 g/mol. The normalized spacial score (nSPS) is 15.6. The maximum atomic E-state index is 13.4. The van der Waals surface area contributed by atoms with Crippen molar-refractivity contribution >= 4 is 29.3 Å². The average molecular weight is 407 g/mol. The van der Waals surface area contributed by atoms with Gasteiger partial charge in [-0.3, -0.25) is 9.78 Å². The van der Waals surface area contributed by atoms with E-state index in [1.54, 1.807) is 28.8 Å². The Morgan fingerprint density at radius 2 is 2.07 bits per heavy atom. The van der Waals surface area contributed by atoms with Crippen LogP contribution >= 0.6 is 11.8 Å². The number of aromatic nitrogens is 4. The number of benzene rings is 1. The van der Waals surface area contributed by atoms with Crippen molar-refractivity contribution in [2.45, 2.75) is 32.0 Å². The lowest BCUT2D eigenvalue weighted by Crippen LogP contribution is -2.31. The van der Waals surface area contributed by atoms with Gasteiger partial charge in [0.2, 0.25) is 11.1 Å². The average Bonchev–Trinajstić information content (AvgIpc) is 3.11. The number of carbonyl (C=O) groups excluding carboxylic acids is 1. The van der Waals surface area contributed by atoms with E-state index in [2.05, 4.69) is 32.6 Å². The number of para-hydroxylation sites is 1. The second-order valence-electron chi connectivity index (χ2n) is 6.72. The fraction of sp³-hybridized carbons (Fsp3) is 0.238. The van der Waals surface area contributed by atoms with E-state index in [1.807, 2.05) is 50.2 Å². The van der Waals surface area contributed by atoms with Gasteiger partial charge in [0.1, 0.15) is 6.04 Å². The summed E-state index contributed by atoms with van der Waals surface area (Å²) in [5.41, 5.74) is 4.00. The SMILES string of the molecule is CCSc1nc2n(n1)[C@@H](c1cccnc1)C(C(=O)Nc1ccccc1C)=C(C)N2. The van der Waals surface area contributed by atoms with Crippen LogP contribution in [0, 0.1) is 6.92 Å². The Hall–Kier alpha value is -3.13. The Balaban J connectivity index is 1.77. The van der Waals surface area contributed by atoms with E-state index in [0.717, 1.165) is 28.3 Å². The fourth-order valence-electron chi connectivity index (χ4n) is 3.36. The van der Waals surface area contributed by atoms with Crippen LogP contribution in [0.3, 0.4) is 0 Å². The number of nitrogens with zero attached hydrogens (tertiary/aromatic N) is 4. The van der Waals surface area contributed by atoms with Crippen molar-refractivity contribution in [2.24, 2.45) is 0 Å². The first-order chi connectivity index (χ1) is 14.1. The van der Waals surface area contributed by atoms with E-state index < -0.39 is 6.04 Å². The summed E-state index contributed by atoms with van der Waals surface area (Å²) in [6.45, 7) is 5.92. The molecule has 7 nitrogen and oxygen atoms in total. The number of hydrogen-bond donors (Lipinski definition) is 2. The van der Waals surface area contributed by atoms with Crippen molar-refractivity contribution < 1.29 is 4.79 Å². The summed E-state index contributed by atoms with van der Waals surface area (Å²) in [6, 6.07) is 11.1. The van der Waals surface area contributed by atoms with Gasteiger partial charge in [-0.25, -0.2) is 4.68 Å². The summed E-state index contributed by atoms with van der Waals surface area (Å²) >= 11 is 1.56. The molecule has 2 aromatic heterocycles. The predicted molar refractivity (Wildman–Crippen MR) is 115 cm³/mol. The molecule has 0 radical (unpaired) electrons. The maximum Gasteiger partial charge on any atom is 0.255 e. The first kappa shape index (κ1) is 19.2. The molecule has 1 aromatic carbocycles. The van der Waals surface area contributed by atoms with Crippen LogP contribution in [0.1, 0.15) is 31.0 Å². The van der Waals surface area contributed by atoms with Gasteiger partial charge in [-0.15, -0.1) is 5.10 Å². The molecule has 0 spiro atoms. The fourth-order valence-corrected chi connectivity index (χ4v) is 3.92. The van der Waals surface area contributed by atoms with Gasteiger partial charge in [-0.05, 0) is 42.9 Å². The molecule has 1 aliphatic rings. The molecule has 29 heavy (non-hydrogen) atoms. The van der Waals surface area contributed by atoms with E-state index in [1.165, 1.54) is 0 Å². The molecule has 0 aliphatic carbocycles. The van der Waals surface area contributed by atoms with Crippen LogP contribution < -0.4 is 10.6 Å². The zero-order valence-corrected chi connectivity index (χ0v) is 17.3. The summed E-state index contributed by atoms with van der Waals surface area (Å²) in [6.07, 6.45) is 3.48. The number of thioether (sulfide) groups is 1. The molecule has 0 unspecified atom stereocenters. The van der Waals surface area contributed by atoms with E-state index >= 15 is 0 Å². The number of anilines is 2. The molecule has 148 valence electrons. The number of carbonyl (C=O) groups is 1. The van der Waals surface area contributed by atoms with E-state index in [4.69, 9.17) is 0 Å². The highest BCUT2D eigenvalue weighted by Crippen LogP contribution is 2.36. The predicted octanol–water partition coefficient (Wildman–Crippen LogP) is 4.02. The lowest BCUT2D eigenvalue weighted by atomic mass is 9.96. The van der Waals surface area contributed by atoms with Crippen LogP contribution in [-0.4, -0.2) is 31.4 Å². The quantitative estimate of drug-likeness (QED) is 0.623. The van der Waals surface area contributed by atoms with Gasteiger partial charge in [0.15, 0.2) is 0 Å². The molecule has 4 rings (SSSR count). The first-order valence-electron chi connectivity index (χ1n) is 9.42. The Morgan fingerprint density at radius 1 is 1.24 bits per heavy atom. The second-order valence-corrected chi connectivity index (χ2v) is 7.95. The summed E-state index contributed by atoms with van der Waals surface area (Å²) in [7, 11) is 0. The second kappa shape index (κ2) is 8.08. The van der Waals surface area contributed by atoms with Crippen molar-refractivity contribution in [3.63, 3.8) is 0 Å². The number of allylic oxidation sites excluding steroid dienone is 1. The maximum absolute atomic E-state index is 13.4. The van der Waals surface area contributed by atoms with E-state index in [0.29, 0.717) is 16.7 Å². The van der Waals surface area contributed by atoms with Gasteiger partial charge in [-0.2, -0.15) is 4.98 Å². The number of amides is 1. The third-order valence-electron chi connectivity index (χ3n) is 4.74. The van der Waals surface area contributed by atoms with Gasteiger partial charge in [0.05, 0.1) is 5.57 Å². The highest BCUT2D eigenvalue weighted by atomic mass is 32.2. The van der Waals surface area contributed by atoms with E-state index in [-0.39, 0.29) is 5.91 Å². The minimum Gasteiger partial charge on any atom is -0.328 e. The van der Waals surface area contributed by atoms with Crippen LogP contribution in [0.4, 0.5) is 11.6 Å². The summed E-state index contributed by atoms with van der Waals surface area (Å²) < 4.78 is 1.77. The molecule has 0 fully saturated rings. The molecule has 1 atom stereocenters. The number of rotatable bonds is 5. The molecule has 0 saturated heterocycles.